The van der Waals surface area contributed by atoms with Crippen molar-refractivity contribution in [3.63, 3.8) is 0 Å². The first-order chi connectivity index (χ1) is 13.0. The van der Waals surface area contributed by atoms with E-state index in [-0.39, 0.29) is 5.69 Å². The van der Waals surface area contributed by atoms with Gasteiger partial charge in [-0.05, 0) is 6.07 Å². The van der Waals surface area contributed by atoms with E-state index in [1.54, 1.807) is 37.5 Å². The zero-order valence-electron chi connectivity index (χ0n) is 14.8. The molecule has 27 heavy (non-hydrogen) atoms. The Morgan fingerprint density at radius 1 is 1.15 bits per heavy atom. The van der Waals surface area contributed by atoms with Crippen LogP contribution in [0.5, 0.6) is 0 Å². The molecule has 0 radical (unpaired) electrons. The van der Waals surface area contributed by atoms with Crippen LogP contribution in [0.15, 0.2) is 59.6 Å². The second kappa shape index (κ2) is 7.61. The van der Waals surface area contributed by atoms with Gasteiger partial charge in [0, 0.05) is 31.8 Å². The first-order valence-electron chi connectivity index (χ1n) is 8.10. The van der Waals surface area contributed by atoms with Crippen molar-refractivity contribution in [2.75, 3.05) is 14.1 Å². The number of carbonyl (C=O) groups excluding carboxylic acids is 1. The highest BCUT2D eigenvalue weighted by atomic mass is 16.6. The molecule has 0 aliphatic carbocycles. The number of nitro benzene ring substituents is 1. The average Bonchev–Trinajstić information content (AvgIpc) is 3.05. The lowest BCUT2D eigenvalue weighted by atomic mass is 10.1. The van der Waals surface area contributed by atoms with Gasteiger partial charge < -0.3 is 4.90 Å². The Bertz CT molecular complexity index is 1010. The van der Waals surface area contributed by atoms with Crippen LogP contribution in [0.1, 0.15) is 10.4 Å². The topological polar surface area (TPSA) is 93.6 Å². The number of benzene rings is 2. The van der Waals surface area contributed by atoms with Crippen LogP contribution < -0.4 is 0 Å². The fraction of sp³-hybridized carbons (Fsp3) is 0.105. The summed E-state index contributed by atoms with van der Waals surface area (Å²) in [5, 5.41) is 15.6. The van der Waals surface area contributed by atoms with Gasteiger partial charge in [-0.25, -0.2) is 9.67 Å². The molecule has 0 saturated carbocycles. The number of hydrogen-bond donors (Lipinski definition) is 0. The number of rotatable bonds is 6. The van der Waals surface area contributed by atoms with Gasteiger partial charge in [0.15, 0.2) is 12.1 Å². The molecule has 136 valence electrons. The van der Waals surface area contributed by atoms with Crippen molar-refractivity contribution in [3.05, 3.63) is 70.3 Å². The summed E-state index contributed by atoms with van der Waals surface area (Å²) >= 11 is 0. The summed E-state index contributed by atoms with van der Waals surface area (Å²) in [7, 11) is 3.60. The van der Waals surface area contributed by atoms with Gasteiger partial charge in [0.25, 0.3) is 5.69 Å². The second-order valence-corrected chi connectivity index (χ2v) is 5.97. The third-order valence-electron chi connectivity index (χ3n) is 3.76. The lowest BCUT2D eigenvalue weighted by molar-refractivity contribution is -0.384. The van der Waals surface area contributed by atoms with Crippen molar-refractivity contribution in [2.45, 2.75) is 0 Å². The number of nitrogens with zero attached hydrogens (tertiary/aromatic N) is 5. The van der Waals surface area contributed by atoms with E-state index in [9.17, 15) is 14.9 Å². The molecule has 8 nitrogen and oxygen atoms in total. The number of nitro groups is 1. The van der Waals surface area contributed by atoms with Crippen molar-refractivity contribution in [1.29, 1.82) is 0 Å². The summed E-state index contributed by atoms with van der Waals surface area (Å²) in [6, 6.07) is 15.3. The molecule has 8 heteroatoms. The van der Waals surface area contributed by atoms with Crippen LogP contribution >= 0.6 is 0 Å². The normalized spacial score (nSPS) is 10.9. The van der Waals surface area contributed by atoms with E-state index >= 15 is 0 Å². The molecule has 3 aromatic rings. The van der Waals surface area contributed by atoms with Gasteiger partial charge in [-0.1, -0.05) is 36.4 Å². The van der Waals surface area contributed by atoms with Gasteiger partial charge in [-0.15, -0.1) is 0 Å². The van der Waals surface area contributed by atoms with E-state index in [1.807, 2.05) is 30.3 Å². The Labute approximate surface area is 155 Å². The van der Waals surface area contributed by atoms with Crippen molar-refractivity contribution in [3.8, 4) is 16.9 Å². The maximum absolute atomic E-state index is 11.8. The molecule has 0 saturated heterocycles. The Morgan fingerprint density at radius 2 is 1.89 bits per heavy atom. The summed E-state index contributed by atoms with van der Waals surface area (Å²) in [6.45, 7) is 0. The van der Waals surface area contributed by atoms with Gasteiger partial charge in [0.2, 0.25) is 0 Å². The minimum absolute atomic E-state index is 0.0700. The maximum Gasteiger partial charge on any atom is 0.271 e. The lowest BCUT2D eigenvalue weighted by Gasteiger charge is -2.06. The second-order valence-electron chi connectivity index (χ2n) is 5.97. The molecule has 1 heterocycles. The standard InChI is InChI=1S/C19H17N5O3/c1-22(2)13-20-19-17(12-25)18(14-7-4-3-5-8-14)21-23(19)15-9-6-10-16(11-15)24(26)27/h3-13H,1-2H3. The highest BCUT2D eigenvalue weighted by Crippen LogP contribution is 2.32. The summed E-state index contributed by atoms with van der Waals surface area (Å²) < 4.78 is 1.44. The average molecular weight is 363 g/mol. The first-order valence-corrected chi connectivity index (χ1v) is 8.10. The molecule has 0 fully saturated rings. The van der Waals surface area contributed by atoms with Gasteiger partial charge in [-0.3, -0.25) is 14.9 Å². The Kier molecular flexibility index (Phi) is 5.07. The molecule has 3 rings (SSSR count). The Balaban J connectivity index is 2.26. The molecule has 0 N–H and O–H groups in total. The van der Waals surface area contributed by atoms with Crippen molar-refractivity contribution in [1.82, 2.24) is 14.7 Å². The van der Waals surface area contributed by atoms with Crippen molar-refractivity contribution >= 4 is 24.1 Å². The molecular weight excluding hydrogens is 346 g/mol. The zero-order valence-corrected chi connectivity index (χ0v) is 14.8. The van der Waals surface area contributed by atoms with Gasteiger partial charge in [0.05, 0.1) is 22.5 Å². The minimum atomic E-state index is -0.478. The summed E-state index contributed by atoms with van der Waals surface area (Å²) in [6.07, 6.45) is 2.25. The van der Waals surface area contributed by atoms with Crippen molar-refractivity contribution < 1.29 is 9.72 Å². The summed E-state index contributed by atoms with van der Waals surface area (Å²) in [5.74, 6) is 0.304. The number of carbonyl (C=O) groups is 1. The quantitative estimate of drug-likeness (QED) is 0.220. The molecule has 2 aromatic carbocycles. The van der Waals surface area contributed by atoms with E-state index in [2.05, 4.69) is 10.1 Å². The highest BCUT2D eigenvalue weighted by Gasteiger charge is 2.20. The lowest BCUT2D eigenvalue weighted by Crippen LogP contribution is -2.08. The van der Waals surface area contributed by atoms with Crippen LogP contribution in [0.4, 0.5) is 11.5 Å². The van der Waals surface area contributed by atoms with Crippen molar-refractivity contribution in [2.24, 2.45) is 4.99 Å². The molecule has 0 aliphatic rings. The van der Waals surface area contributed by atoms with E-state index in [4.69, 9.17) is 0 Å². The zero-order chi connectivity index (χ0) is 19.4. The molecular formula is C19H17N5O3. The van der Waals surface area contributed by atoms with E-state index in [1.165, 1.54) is 16.8 Å². The Hall–Kier alpha value is -3.81. The smallest absolute Gasteiger partial charge is 0.271 e. The number of aromatic nitrogens is 2. The summed E-state index contributed by atoms with van der Waals surface area (Å²) in [4.78, 5) is 28.6. The predicted octanol–water partition coefficient (Wildman–Crippen LogP) is 3.48. The Morgan fingerprint density at radius 3 is 2.52 bits per heavy atom. The maximum atomic E-state index is 11.8. The van der Waals surface area contributed by atoms with Gasteiger partial charge >= 0.3 is 0 Å². The van der Waals surface area contributed by atoms with Crippen LogP contribution in [0.25, 0.3) is 16.9 Å². The van der Waals surface area contributed by atoms with Crippen LogP contribution in [-0.2, 0) is 0 Å². The van der Waals surface area contributed by atoms with E-state index in [0.717, 1.165) is 5.56 Å². The number of aliphatic imine (C=N–C) groups is 1. The van der Waals surface area contributed by atoms with Gasteiger partial charge in [-0.2, -0.15) is 5.10 Å². The van der Waals surface area contributed by atoms with E-state index in [0.29, 0.717) is 29.0 Å². The third kappa shape index (κ3) is 3.74. The van der Waals surface area contributed by atoms with Crippen LogP contribution in [-0.4, -0.2) is 46.3 Å². The van der Waals surface area contributed by atoms with Crippen LogP contribution in [0.3, 0.4) is 0 Å². The molecule has 1 aromatic heterocycles. The highest BCUT2D eigenvalue weighted by molar-refractivity contribution is 5.92. The fourth-order valence-corrected chi connectivity index (χ4v) is 2.55. The number of non-ortho nitro benzene ring substituents is 1. The first kappa shape index (κ1) is 18.0. The molecule has 0 atom stereocenters. The van der Waals surface area contributed by atoms with E-state index < -0.39 is 4.92 Å². The number of hydrogen-bond acceptors (Lipinski definition) is 5. The van der Waals surface area contributed by atoms with Crippen LogP contribution in [0.2, 0.25) is 0 Å². The number of aldehydes is 1. The molecule has 0 spiro atoms. The third-order valence-corrected chi connectivity index (χ3v) is 3.76. The molecule has 0 bridgehead atoms. The fourth-order valence-electron chi connectivity index (χ4n) is 2.55. The SMILES string of the molecule is CN(C)C=Nc1c(C=O)c(-c2ccccc2)nn1-c1cccc([N+](=O)[O-])c1. The minimum Gasteiger partial charge on any atom is -0.369 e. The molecule has 0 unspecified atom stereocenters. The van der Waals surface area contributed by atoms with Gasteiger partial charge in [0.1, 0.15) is 5.69 Å². The predicted molar refractivity (Wildman–Crippen MR) is 103 cm³/mol. The largest absolute Gasteiger partial charge is 0.369 e. The molecule has 0 amide bonds. The molecule has 0 aliphatic heterocycles. The monoisotopic (exact) mass is 363 g/mol. The summed E-state index contributed by atoms with van der Waals surface area (Å²) in [5.41, 5.74) is 1.90. The van der Waals surface area contributed by atoms with Crippen LogP contribution in [0, 0.1) is 10.1 Å².